The van der Waals surface area contributed by atoms with Crippen molar-refractivity contribution in [2.75, 3.05) is 0 Å². The Morgan fingerprint density at radius 1 is 1.19 bits per heavy atom. The summed E-state index contributed by atoms with van der Waals surface area (Å²) in [6.07, 6.45) is 8.17. The number of hydrogen-bond donors (Lipinski definition) is 0. The zero-order chi connectivity index (χ0) is 14.7. The van der Waals surface area contributed by atoms with Crippen LogP contribution in [-0.2, 0) is 13.5 Å². The minimum absolute atomic E-state index is 0.672. The predicted molar refractivity (Wildman–Crippen MR) is 90.8 cm³/mol. The summed E-state index contributed by atoms with van der Waals surface area (Å²) in [7, 11) is 2.04. The highest BCUT2D eigenvalue weighted by Crippen LogP contribution is 2.41. The number of halogens is 1. The molecule has 2 nitrogen and oxygen atoms in total. The number of nitrogens with zero attached hydrogens (tertiary/aromatic N) is 2. The third-order valence-corrected chi connectivity index (χ3v) is 6.06. The number of hydrogen-bond acceptors (Lipinski definition) is 1. The lowest BCUT2D eigenvalue weighted by Gasteiger charge is -2.33. The zero-order valence-corrected chi connectivity index (χ0v) is 14.2. The van der Waals surface area contributed by atoms with Gasteiger partial charge in [0.25, 0.3) is 0 Å². The van der Waals surface area contributed by atoms with Crippen molar-refractivity contribution in [2.24, 2.45) is 13.0 Å². The predicted octanol–water partition coefficient (Wildman–Crippen LogP) is 4.70. The Labute approximate surface area is 135 Å². The summed E-state index contributed by atoms with van der Waals surface area (Å²) in [6.45, 7) is 0. The molecule has 1 aromatic carbocycles. The maximum atomic E-state index is 4.27. The van der Waals surface area contributed by atoms with E-state index >= 15 is 0 Å². The SMILES string of the molecule is Cn1nccc1CCC1CC(c2ccccc2)CCC1Br. The van der Waals surface area contributed by atoms with Crippen LogP contribution in [0.4, 0.5) is 0 Å². The van der Waals surface area contributed by atoms with E-state index in [4.69, 9.17) is 0 Å². The molecule has 0 radical (unpaired) electrons. The van der Waals surface area contributed by atoms with Gasteiger partial charge < -0.3 is 0 Å². The lowest BCUT2D eigenvalue weighted by molar-refractivity contribution is 0.318. The van der Waals surface area contributed by atoms with Crippen LogP contribution in [0.25, 0.3) is 0 Å². The van der Waals surface area contributed by atoms with Gasteiger partial charge in [-0.25, -0.2) is 0 Å². The molecule has 1 saturated carbocycles. The molecule has 21 heavy (non-hydrogen) atoms. The van der Waals surface area contributed by atoms with Crippen molar-refractivity contribution in [3.8, 4) is 0 Å². The molecule has 3 unspecified atom stereocenters. The zero-order valence-electron chi connectivity index (χ0n) is 12.6. The molecule has 1 aliphatic rings. The average molecular weight is 347 g/mol. The van der Waals surface area contributed by atoms with Crippen LogP contribution in [0.15, 0.2) is 42.6 Å². The summed E-state index contributed by atoms with van der Waals surface area (Å²) in [5.74, 6) is 1.50. The van der Waals surface area contributed by atoms with Crippen LogP contribution in [0.5, 0.6) is 0 Å². The Balaban J connectivity index is 1.62. The van der Waals surface area contributed by atoms with Crippen LogP contribution in [0, 0.1) is 5.92 Å². The maximum absolute atomic E-state index is 4.27. The summed E-state index contributed by atoms with van der Waals surface area (Å²) in [5, 5.41) is 4.27. The second-order valence-electron chi connectivity index (χ2n) is 6.18. The van der Waals surface area contributed by atoms with E-state index in [1.807, 2.05) is 17.9 Å². The summed E-state index contributed by atoms with van der Waals surface area (Å²) >= 11 is 3.92. The number of alkyl halides is 1. The van der Waals surface area contributed by atoms with E-state index in [0.717, 1.165) is 18.3 Å². The third-order valence-electron chi connectivity index (χ3n) is 4.85. The van der Waals surface area contributed by atoms with Crippen LogP contribution in [0.1, 0.15) is 42.9 Å². The highest BCUT2D eigenvalue weighted by molar-refractivity contribution is 9.09. The van der Waals surface area contributed by atoms with Crippen LogP contribution < -0.4 is 0 Å². The Bertz CT molecular complexity index is 564. The molecule has 3 rings (SSSR count). The highest BCUT2D eigenvalue weighted by Gasteiger charge is 2.29. The van der Waals surface area contributed by atoms with Gasteiger partial charge in [-0.05, 0) is 55.6 Å². The monoisotopic (exact) mass is 346 g/mol. The van der Waals surface area contributed by atoms with Crippen molar-refractivity contribution in [1.29, 1.82) is 0 Å². The van der Waals surface area contributed by atoms with E-state index in [1.54, 1.807) is 0 Å². The molecular formula is C18H23BrN2. The molecule has 2 aromatic rings. The summed E-state index contributed by atoms with van der Waals surface area (Å²) in [5.41, 5.74) is 2.86. The van der Waals surface area contributed by atoms with Gasteiger partial charge in [0.2, 0.25) is 0 Å². The second-order valence-corrected chi connectivity index (χ2v) is 7.36. The van der Waals surface area contributed by atoms with E-state index < -0.39 is 0 Å². The molecule has 0 aliphatic heterocycles. The molecule has 3 atom stereocenters. The fourth-order valence-electron chi connectivity index (χ4n) is 3.53. The molecule has 1 aromatic heterocycles. The summed E-state index contributed by atoms with van der Waals surface area (Å²) < 4.78 is 2.00. The van der Waals surface area contributed by atoms with Gasteiger partial charge >= 0.3 is 0 Å². The normalized spacial score (nSPS) is 25.9. The first-order valence-corrected chi connectivity index (χ1v) is 8.81. The second kappa shape index (κ2) is 6.78. The molecular weight excluding hydrogens is 324 g/mol. The average Bonchev–Trinajstić information content (AvgIpc) is 2.93. The quantitative estimate of drug-likeness (QED) is 0.733. The van der Waals surface area contributed by atoms with Crippen LogP contribution in [0.2, 0.25) is 0 Å². The first kappa shape index (κ1) is 14.8. The lowest BCUT2D eigenvalue weighted by Crippen LogP contribution is -2.25. The van der Waals surface area contributed by atoms with Crippen molar-refractivity contribution in [3.63, 3.8) is 0 Å². The maximum Gasteiger partial charge on any atom is 0.0492 e. The molecule has 3 heteroatoms. The van der Waals surface area contributed by atoms with Gasteiger partial charge in [-0.15, -0.1) is 0 Å². The van der Waals surface area contributed by atoms with Gasteiger partial charge in [0.1, 0.15) is 0 Å². The third kappa shape index (κ3) is 3.57. The van der Waals surface area contributed by atoms with E-state index in [9.17, 15) is 0 Å². The number of benzene rings is 1. The minimum atomic E-state index is 0.672. The van der Waals surface area contributed by atoms with Crippen molar-refractivity contribution in [1.82, 2.24) is 9.78 Å². The number of aryl methyl sites for hydroxylation is 2. The summed E-state index contributed by atoms with van der Waals surface area (Å²) in [6, 6.07) is 13.2. The first-order valence-electron chi connectivity index (χ1n) is 7.90. The molecule has 0 spiro atoms. The smallest absolute Gasteiger partial charge is 0.0492 e. The minimum Gasteiger partial charge on any atom is -0.273 e. The topological polar surface area (TPSA) is 17.8 Å². The summed E-state index contributed by atoms with van der Waals surface area (Å²) in [4.78, 5) is 0.672. The van der Waals surface area contributed by atoms with Gasteiger partial charge in [0, 0.05) is 23.8 Å². The van der Waals surface area contributed by atoms with Crippen LogP contribution >= 0.6 is 15.9 Å². The standard InChI is InChI=1S/C18H23BrN2/c1-21-17(11-12-20-21)9-7-16-13-15(8-10-18(16)19)14-5-3-2-4-6-14/h2-6,11-12,15-16,18H,7-10,13H2,1H3. The van der Waals surface area contributed by atoms with Crippen LogP contribution in [0.3, 0.4) is 0 Å². The van der Waals surface area contributed by atoms with Crippen molar-refractivity contribution in [3.05, 3.63) is 53.9 Å². The highest BCUT2D eigenvalue weighted by atomic mass is 79.9. The molecule has 0 bridgehead atoms. The van der Waals surface area contributed by atoms with Crippen molar-refractivity contribution >= 4 is 15.9 Å². The van der Waals surface area contributed by atoms with Crippen molar-refractivity contribution in [2.45, 2.75) is 42.8 Å². The van der Waals surface area contributed by atoms with E-state index in [1.165, 1.54) is 36.9 Å². The molecule has 1 heterocycles. The largest absolute Gasteiger partial charge is 0.273 e. The Morgan fingerprint density at radius 3 is 2.71 bits per heavy atom. The van der Waals surface area contributed by atoms with Gasteiger partial charge in [-0.2, -0.15) is 5.10 Å². The van der Waals surface area contributed by atoms with E-state index in [2.05, 4.69) is 57.4 Å². The Morgan fingerprint density at radius 2 is 2.00 bits per heavy atom. The van der Waals surface area contributed by atoms with E-state index in [-0.39, 0.29) is 0 Å². The number of rotatable bonds is 4. The van der Waals surface area contributed by atoms with Gasteiger partial charge in [-0.1, -0.05) is 46.3 Å². The van der Waals surface area contributed by atoms with E-state index in [0.29, 0.717) is 4.83 Å². The Kier molecular flexibility index (Phi) is 4.79. The van der Waals surface area contributed by atoms with Gasteiger partial charge in [0.15, 0.2) is 0 Å². The fourth-order valence-corrected chi connectivity index (χ4v) is 4.28. The first-order chi connectivity index (χ1) is 10.2. The number of aromatic nitrogens is 2. The van der Waals surface area contributed by atoms with Crippen LogP contribution in [-0.4, -0.2) is 14.6 Å². The Hall–Kier alpha value is -1.09. The molecule has 0 amide bonds. The molecule has 0 N–H and O–H groups in total. The lowest BCUT2D eigenvalue weighted by atomic mass is 9.76. The molecule has 1 aliphatic carbocycles. The van der Waals surface area contributed by atoms with Crippen molar-refractivity contribution < 1.29 is 0 Å². The molecule has 112 valence electrons. The molecule has 0 saturated heterocycles. The van der Waals surface area contributed by atoms with Gasteiger partial charge in [-0.3, -0.25) is 4.68 Å². The van der Waals surface area contributed by atoms with Gasteiger partial charge in [0.05, 0.1) is 0 Å². The molecule has 1 fully saturated rings. The fraction of sp³-hybridized carbons (Fsp3) is 0.500.